The second-order valence-corrected chi connectivity index (χ2v) is 8.31. The van der Waals surface area contributed by atoms with Gasteiger partial charge in [-0.3, -0.25) is 4.31 Å². The van der Waals surface area contributed by atoms with E-state index in [4.69, 9.17) is 11.6 Å². The molecule has 0 amide bonds. The fourth-order valence-corrected chi connectivity index (χ4v) is 4.32. The van der Waals surface area contributed by atoms with Crippen LogP contribution in [-0.4, -0.2) is 21.2 Å². The molecule has 9 heteroatoms. The number of alkyl halides is 3. The third-order valence-electron chi connectivity index (χ3n) is 3.48. The van der Waals surface area contributed by atoms with E-state index in [0.717, 1.165) is 27.4 Å². The molecule has 0 N–H and O–H groups in total. The molecule has 0 saturated carbocycles. The van der Waals surface area contributed by atoms with Gasteiger partial charge in [0.1, 0.15) is 0 Å². The van der Waals surface area contributed by atoms with E-state index in [1.807, 2.05) is 6.26 Å². The van der Waals surface area contributed by atoms with Crippen molar-refractivity contribution in [3.05, 3.63) is 65.7 Å². The van der Waals surface area contributed by atoms with E-state index in [2.05, 4.69) is 6.58 Å². The Labute approximate surface area is 159 Å². The molecule has 3 nitrogen and oxygen atoms in total. The number of thioether (sulfide) groups is 1. The molecular weight excluding hydrogens is 407 g/mol. The Morgan fingerprint density at radius 1 is 1.19 bits per heavy atom. The highest BCUT2D eigenvalue weighted by atomic mass is 35.5. The number of nitrogens with zero attached hydrogens (tertiary/aromatic N) is 1. The van der Waals surface area contributed by atoms with Crippen LogP contribution in [0, 0.1) is 0 Å². The average Bonchev–Trinajstić information content (AvgIpc) is 2.59. The summed E-state index contributed by atoms with van der Waals surface area (Å²) in [5.74, 6) is 0. The van der Waals surface area contributed by atoms with Crippen molar-refractivity contribution in [3.8, 4) is 0 Å². The number of hydrogen-bond donors (Lipinski definition) is 0. The molecule has 140 valence electrons. The molecule has 0 saturated heterocycles. The highest BCUT2D eigenvalue weighted by Gasteiger charge is 2.33. The first-order valence-electron chi connectivity index (χ1n) is 7.25. The number of rotatable bonds is 6. The number of sulfonamides is 1. The van der Waals surface area contributed by atoms with Gasteiger partial charge in [0.05, 0.1) is 27.7 Å². The maximum Gasteiger partial charge on any atom is 0.416 e. The van der Waals surface area contributed by atoms with Crippen molar-refractivity contribution in [3.63, 3.8) is 0 Å². The van der Waals surface area contributed by atoms with Crippen molar-refractivity contribution < 1.29 is 21.6 Å². The van der Waals surface area contributed by atoms with Crippen LogP contribution in [0.4, 0.5) is 18.9 Å². The van der Waals surface area contributed by atoms with Gasteiger partial charge >= 0.3 is 6.18 Å². The van der Waals surface area contributed by atoms with Crippen LogP contribution in [0.1, 0.15) is 5.56 Å². The Kier molecular flexibility index (Phi) is 6.31. The van der Waals surface area contributed by atoms with E-state index < -0.39 is 21.8 Å². The maximum atomic E-state index is 13.0. The van der Waals surface area contributed by atoms with E-state index in [-0.39, 0.29) is 22.2 Å². The third kappa shape index (κ3) is 4.36. The van der Waals surface area contributed by atoms with Crippen LogP contribution in [-0.2, 0) is 16.2 Å². The molecule has 0 aliphatic heterocycles. The highest BCUT2D eigenvalue weighted by molar-refractivity contribution is 7.98. The van der Waals surface area contributed by atoms with Crippen molar-refractivity contribution in [2.45, 2.75) is 16.0 Å². The molecule has 0 bridgehead atoms. The zero-order valence-electron chi connectivity index (χ0n) is 13.6. The van der Waals surface area contributed by atoms with Gasteiger partial charge in [0.2, 0.25) is 0 Å². The van der Waals surface area contributed by atoms with Crippen molar-refractivity contribution in [1.29, 1.82) is 0 Å². The van der Waals surface area contributed by atoms with Crippen LogP contribution in [0.25, 0.3) is 0 Å². The molecule has 26 heavy (non-hydrogen) atoms. The van der Waals surface area contributed by atoms with Gasteiger partial charge in [-0.25, -0.2) is 8.42 Å². The molecule has 0 heterocycles. The summed E-state index contributed by atoms with van der Waals surface area (Å²) < 4.78 is 65.8. The molecule has 0 spiro atoms. The Morgan fingerprint density at radius 2 is 1.81 bits per heavy atom. The monoisotopic (exact) mass is 421 g/mol. The Hall–Kier alpha value is -1.64. The zero-order valence-corrected chi connectivity index (χ0v) is 16.0. The normalized spacial score (nSPS) is 12.0. The van der Waals surface area contributed by atoms with Crippen LogP contribution in [0.15, 0.2) is 64.9 Å². The van der Waals surface area contributed by atoms with E-state index in [1.165, 1.54) is 30.0 Å². The number of anilines is 1. The summed E-state index contributed by atoms with van der Waals surface area (Å²) in [4.78, 5) is 0.807. The van der Waals surface area contributed by atoms with Gasteiger partial charge in [-0.2, -0.15) is 13.2 Å². The highest BCUT2D eigenvalue weighted by Crippen LogP contribution is 2.37. The number of hydrogen-bond acceptors (Lipinski definition) is 3. The van der Waals surface area contributed by atoms with Gasteiger partial charge in [0, 0.05) is 4.90 Å². The first-order chi connectivity index (χ1) is 12.1. The molecule has 0 radical (unpaired) electrons. The lowest BCUT2D eigenvalue weighted by molar-refractivity contribution is -0.137. The predicted octanol–water partition coefficient (Wildman–Crippen LogP) is 5.46. The smallest absolute Gasteiger partial charge is 0.261 e. The van der Waals surface area contributed by atoms with Crippen molar-refractivity contribution in [1.82, 2.24) is 0 Å². The fourth-order valence-electron chi connectivity index (χ4n) is 2.20. The second-order valence-electron chi connectivity index (χ2n) is 5.16. The average molecular weight is 422 g/mol. The topological polar surface area (TPSA) is 37.4 Å². The summed E-state index contributed by atoms with van der Waals surface area (Å²) in [6, 6.07) is 8.60. The molecule has 0 atom stereocenters. The molecule has 2 aromatic carbocycles. The summed E-state index contributed by atoms with van der Waals surface area (Å²) in [5.41, 5.74) is -1.24. The minimum Gasteiger partial charge on any atom is -0.261 e. The lowest BCUT2D eigenvalue weighted by atomic mass is 10.2. The number of halogens is 4. The van der Waals surface area contributed by atoms with E-state index >= 15 is 0 Å². The Morgan fingerprint density at radius 3 is 2.31 bits per heavy atom. The summed E-state index contributed by atoms with van der Waals surface area (Å²) >= 11 is 7.45. The number of benzene rings is 2. The van der Waals surface area contributed by atoms with Gasteiger partial charge in [-0.05, 0) is 48.7 Å². The summed E-state index contributed by atoms with van der Waals surface area (Å²) in [6.45, 7) is 3.26. The molecular formula is C17H15ClF3NO2S2. The van der Waals surface area contributed by atoms with Gasteiger partial charge in [-0.15, -0.1) is 18.3 Å². The molecule has 0 aliphatic rings. The zero-order chi connectivity index (χ0) is 19.5. The van der Waals surface area contributed by atoms with Gasteiger partial charge in [0.25, 0.3) is 10.0 Å². The standard InChI is InChI=1S/C17H15ClF3NO2S2/c1-3-10-22(16-11-12(17(19,20)21)4-9-15(16)18)26(23,24)14-7-5-13(25-2)6-8-14/h3-9,11H,1,10H2,2H3. The van der Waals surface area contributed by atoms with Gasteiger partial charge < -0.3 is 0 Å². The van der Waals surface area contributed by atoms with Crippen molar-refractivity contribution >= 4 is 39.1 Å². The lowest BCUT2D eigenvalue weighted by Gasteiger charge is -2.25. The fraction of sp³-hybridized carbons (Fsp3) is 0.176. The van der Waals surface area contributed by atoms with Crippen LogP contribution < -0.4 is 4.31 Å². The largest absolute Gasteiger partial charge is 0.416 e. The Bertz CT molecular complexity index is 897. The third-order valence-corrected chi connectivity index (χ3v) is 6.34. The first kappa shape index (κ1) is 20.7. The molecule has 0 fully saturated rings. The van der Waals surface area contributed by atoms with Crippen molar-refractivity contribution in [2.75, 3.05) is 17.1 Å². The molecule has 0 aliphatic carbocycles. The van der Waals surface area contributed by atoms with Crippen LogP contribution in [0.5, 0.6) is 0 Å². The Balaban J connectivity index is 2.59. The van der Waals surface area contributed by atoms with Gasteiger partial charge in [0.15, 0.2) is 0 Å². The SMILES string of the molecule is C=CCN(c1cc(C(F)(F)F)ccc1Cl)S(=O)(=O)c1ccc(SC)cc1. The van der Waals surface area contributed by atoms with Crippen LogP contribution in [0.3, 0.4) is 0 Å². The molecule has 0 aromatic heterocycles. The van der Waals surface area contributed by atoms with Gasteiger partial charge in [-0.1, -0.05) is 17.7 Å². The van der Waals surface area contributed by atoms with E-state index in [0.29, 0.717) is 0 Å². The summed E-state index contributed by atoms with van der Waals surface area (Å²) in [5, 5.41) is -0.107. The van der Waals surface area contributed by atoms with Crippen molar-refractivity contribution in [2.24, 2.45) is 0 Å². The summed E-state index contributed by atoms with van der Waals surface area (Å²) in [7, 11) is -4.12. The predicted molar refractivity (Wildman–Crippen MR) is 99.4 cm³/mol. The molecule has 2 aromatic rings. The minimum atomic E-state index is -4.62. The lowest BCUT2D eigenvalue weighted by Crippen LogP contribution is -2.31. The maximum absolute atomic E-state index is 13.0. The molecule has 2 rings (SSSR count). The van der Waals surface area contributed by atoms with Crippen LogP contribution >= 0.6 is 23.4 Å². The van der Waals surface area contributed by atoms with E-state index in [1.54, 1.807) is 12.1 Å². The van der Waals surface area contributed by atoms with E-state index in [9.17, 15) is 21.6 Å². The minimum absolute atomic E-state index is 0.0503. The first-order valence-corrected chi connectivity index (χ1v) is 10.3. The summed E-state index contributed by atoms with van der Waals surface area (Å²) in [6.07, 6.45) is -1.50. The quantitative estimate of drug-likeness (QED) is 0.459. The van der Waals surface area contributed by atoms with Crippen LogP contribution in [0.2, 0.25) is 5.02 Å². The molecule has 0 unspecified atom stereocenters. The second kappa shape index (κ2) is 7.94.